The van der Waals surface area contributed by atoms with Gasteiger partial charge >= 0.3 is 0 Å². The highest BCUT2D eigenvalue weighted by atomic mass is 15.0. The second-order valence-corrected chi connectivity index (χ2v) is 4.61. The number of aromatic nitrogens is 1. The normalized spacial score (nSPS) is 12.1. The molecule has 1 aromatic carbocycles. The second-order valence-electron chi connectivity index (χ2n) is 4.61. The van der Waals surface area contributed by atoms with Gasteiger partial charge in [-0.15, -0.1) is 0 Å². The maximum atomic E-state index is 5.75. The molecule has 2 aromatic rings. The lowest BCUT2D eigenvalue weighted by Gasteiger charge is -2.15. The first-order valence-electron chi connectivity index (χ1n) is 6.19. The first-order chi connectivity index (χ1) is 8.65. The molecule has 0 saturated heterocycles. The Hall–Kier alpha value is -2.03. The molecule has 0 aliphatic carbocycles. The molecule has 0 radical (unpaired) electrons. The van der Waals surface area contributed by atoms with Crippen LogP contribution in [0.25, 0.3) is 0 Å². The molecule has 1 atom stereocenters. The minimum absolute atomic E-state index is 0.336. The molecular weight excluding hydrogens is 222 g/mol. The SMILES string of the molecule is Cc1nc(NC(C)Cc2ccccc2)ccc1N. The summed E-state index contributed by atoms with van der Waals surface area (Å²) in [5.74, 6) is 0.880. The van der Waals surface area contributed by atoms with E-state index in [1.807, 2.05) is 25.1 Å². The standard InChI is InChI=1S/C15H19N3/c1-11(10-13-6-4-3-5-7-13)17-15-9-8-14(16)12(2)18-15/h3-9,11H,10,16H2,1-2H3,(H,17,18). The zero-order valence-electron chi connectivity index (χ0n) is 10.9. The molecule has 0 spiro atoms. The first-order valence-corrected chi connectivity index (χ1v) is 6.19. The van der Waals surface area contributed by atoms with Gasteiger partial charge < -0.3 is 11.1 Å². The van der Waals surface area contributed by atoms with Crippen LogP contribution in [0.1, 0.15) is 18.2 Å². The predicted octanol–water partition coefficient (Wildman–Crippen LogP) is 3.02. The summed E-state index contributed by atoms with van der Waals surface area (Å²) in [5, 5.41) is 3.39. The molecule has 3 heteroatoms. The number of benzene rings is 1. The highest BCUT2D eigenvalue weighted by molar-refractivity contribution is 5.49. The van der Waals surface area contributed by atoms with Gasteiger partial charge in [0.15, 0.2) is 0 Å². The summed E-state index contributed by atoms with van der Waals surface area (Å²) in [7, 11) is 0. The Bertz CT molecular complexity index is 508. The number of hydrogen-bond acceptors (Lipinski definition) is 3. The number of hydrogen-bond donors (Lipinski definition) is 2. The molecule has 3 nitrogen and oxygen atoms in total. The van der Waals surface area contributed by atoms with Crippen LogP contribution < -0.4 is 11.1 Å². The monoisotopic (exact) mass is 241 g/mol. The smallest absolute Gasteiger partial charge is 0.126 e. The van der Waals surface area contributed by atoms with E-state index in [0.29, 0.717) is 6.04 Å². The molecule has 3 N–H and O–H groups in total. The highest BCUT2D eigenvalue weighted by Crippen LogP contribution is 2.13. The minimum atomic E-state index is 0.336. The molecule has 0 saturated carbocycles. The summed E-state index contributed by atoms with van der Waals surface area (Å²) >= 11 is 0. The van der Waals surface area contributed by atoms with E-state index in [4.69, 9.17) is 5.73 Å². The van der Waals surface area contributed by atoms with Gasteiger partial charge in [0.25, 0.3) is 0 Å². The van der Waals surface area contributed by atoms with Crippen LogP contribution in [0.3, 0.4) is 0 Å². The highest BCUT2D eigenvalue weighted by Gasteiger charge is 2.05. The minimum Gasteiger partial charge on any atom is -0.397 e. The lowest BCUT2D eigenvalue weighted by molar-refractivity contribution is 0.784. The van der Waals surface area contributed by atoms with Crippen molar-refractivity contribution in [3.8, 4) is 0 Å². The van der Waals surface area contributed by atoms with Gasteiger partial charge in [-0.25, -0.2) is 4.98 Å². The molecule has 0 aliphatic heterocycles. The van der Waals surface area contributed by atoms with E-state index in [1.165, 1.54) is 5.56 Å². The zero-order chi connectivity index (χ0) is 13.0. The van der Waals surface area contributed by atoms with E-state index in [0.717, 1.165) is 23.6 Å². The Morgan fingerprint density at radius 3 is 2.56 bits per heavy atom. The van der Waals surface area contributed by atoms with Crippen molar-refractivity contribution in [1.82, 2.24) is 4.98 Å². The second kappa shape index (κ2) is 5.54. The van der Waals surface area contributed by atoms with Crippen LogP contribution in [-0.2, 0) is 6.42 Å². The molecule has 0 amide bonds. The van der Waals surface area contributed by atoms with Crippen molar-refractivity contribution in [3.05, 3.63) is 53.7 Å². The Morgan fingerprint density at radius 1 is 1.17 bits per heavy atom. The summed E-state index contributed by atoms with van der Waals surface area (Å²) in [6.07, 6.45) is 0.978. The molecule has 18 heavy (non-hydrogen) atoms. The summed E-state index contributed by atoms with van der Waals surface area (Å²) < 4.78 is 0. The molecule has 1 unspecified atom stereocenters. The Kier molecular flexibility index (Phi) is 3.82. The zero-order valence-corrected chi connectivity index (χ0v) is 10.9. The van der Waals surface area contributed by atoms with E-state index in [9.17, 15) is 0 Å². The Balaban J connectivity index is 1.99. The van der Waals surface area contributed by atoms with Crippen molar-refractivity contribution in [2.45, 2.75) is 26.3 Å². The lowest BCUT2D eigenvalue weighted by Crippen LogP contribution is -2.19. The molecular formula is C15H19N3. The van der Waals surface area contributed by atoms with E-state index in [1.54, 1.807) is 0 Å². The average molecular weight is 241 g/mol. The largest absolute Gasteiger partial charge is 0.397 e. The average Bonchev–Trinajstić information content (AvgIpc) is 2.35. The number of nitrogens with one attached hydrogen (secondary N) is 1. The van der Waals surface area contributed by atoms with Crippen LogP contribution in [0.15, 0.2) is 42.5 Å². The maximum Gasteiger partial charge on any atom is 0.126 e. The van der Waals surface area contributed by atoms with Gasteiger partial charge in [-0.3, -0.25) is 0 Å². The summed E-state index contributed by atoms with van der Waals surface area (Å²) in [5.41, 5.74) is 8.68. The van der Waals surface area contributed by atoms with Gasteiger partial charge in [-0.2, -0.15) is 0 Å². The van der Waals surface area contributed by atoms with Gasteiger partial charge in [-0.1, -0.05) is 30.3 Å². The van der Waals surface area contributed by atoms with Crippen molar-refractivity contribution < 1.29 is 0 Å². The Morgan fingerprint density at radius 2 is 1.89 bits per heavy atom. The van der Waals surface area contributed by atoms with Crippen LogP contribution in [0, 0.1) is 6.92 Å². The van der Waals surface area contributed by atoms with E-state index < -0.39 is 0 Å². The number of aryl methyl sites for hydroxylation is 1. The van der Waals surface area contributed by atoms with Crippen molar-refractivity contribution in [2.24, 2.45) is 0 Å². The molecule has 1 heterocycles. The quantitative estimate of drug-likeness (QED) is 0.865. The summed E-state index contributed by atoms with van der Waals surface area (Å²) in [4.78, 5) is 4.42. The fraction of sp³-hybridized carbons (Fsp3) is 0.267. The number of nitrogens with two attached hydrogens (primary N) is 1. The van der Waals surface area contributed by atoms with Crippen LogP contribution >= 0.6 is 0 Å². The van der Waals surface area contributed by atoms with Gasteiger partial charge in [0.2, 0.25) is 0 Å². The molecule has 0 fully saturated rings. The van der Waals surface area contributed by atoms with E-state index in [-0.39, 0.29) is 0 Å². The number of pyridine rings is 1. The van der Waals surface area contributed by atoms with Crippen molar-refractivity contribution in [3.63, 3.8) is 0 Å². The van der Waals surface area contributed by atoms with Crippen LogP contribution in [0.5, 0.6) is 0 Å². The third-order valence-corrected chi connectivity index (χ3v) is 2.91. The number of nitrogen functional groups attached to an aromatic ring is 1. The summed E-state index contributed by atoms with van der Waals surface area (Å²) in [6.45, 7) is 4.07. The van der Waals surface area contributed by atoms with Gasteiger partial charge in [0.05, 0.1) is 11.4 Å². The number of rotatable bonds is 4. The lowest BCUT2D eigenvalue weighted by atomic mass is 10.1. The molecule has 0 aliphatic rings. The topological polar surface area (TPSA) is 50.9 Å². The molecule has 0 bridgehead atoms. The maximum absolute atomic E-state index is 5.75. The fourth-order valence-corrected chi connectivity index (χ4v) is 1.92. The van der Waals surface area contributed by atoms with Crippen molar-refractivity contribution in [2.75, 3.05) is 11.1 Å². The van der Waals surface area contributed by atoms with E-state index in [2.05, 4.69) is 41.5 Å². The van der Waals surface area contributed by atoms with Crippen molar-refractivity contribution in [1.29, 1.82) is 0 Å². The van der Waals surface area contributed by atoms with Crippen molar-refractivity contribution >= 4 is 11.5 Å². The summed E-state index contributed by atoms with van der Waals surface area (Å²) in [6, 6.07) is 14.6. The fourth-order valence-electron chi connectivity index (χ4n) is 1.92. The van der Waals surface area contributed by atoms with E-state index >= 15 is 0 Å². The third kappa shape index (κ3) is 3.23. The third-order valence-electron chi connectivity index (χ3n) is 2.91. The first kappa shape index (κ1) is 12.4. The number of nitrogens with zero attached hydrogens (tertiary/aromatic N) is 1. The van der Waals surface area contributed by atoms with Gasteiger partial charge in [0, 0.05) is 6.04 Å². The molecule has 1 aromatic heterocycles. The molecule has 2 rings (SSSR count). The number of anilines is 2. The van der Waals surface area contributed by atoms with Crippen LogP contribution in [0.4, 0.5) is 11.5 Å². The Labute approximate surface area is 108 Å². The van der Waals surface area contributed by atoms with Crippen LogP contribution in [-0.4, -0.2) is 11.0 Å². The van der Waals surface area contributed by atoms with Crippen LogP contribution in [0.2, 0.25) is 0 Å². The molecule has 94 valence electrons. The predicted molar refractivity (Wildman–Crippen MR) is 76.6 cm³/mol. The van der Waals surface area contributed by atoms with Gasteiger partial charge in [0.1, 0.15) is 5.82 Å². The van der Waals surface area contributed by atoms with Gasteiger partial charge in [-0.05, 0) is 38.0 Å².